The van der Waals surface area contributed by atoms with E-state index < -0.39 is 0 Å². The monoisotopic (exact) mass is 381 g/mol. The number of ether oxygens (including phenoxy) is 1. The molecule has 1 N–H and O–H groups in total. The van der Waals surface area contributed by atoms with Gasteiger partial charge in [-0.3, -0.25) is 4.79 Å². The molecule has 4 aromatic rings. The van der Waals surface area contributed by atoms with Gasteiger partial charge < -0.3 is 14.6 Å². The van der Waals surface area contributed by atoms with Crippen molar-refractivity contribution in [2.45, 2.75) is 6.54 Å². The van der Waals surface area contributed by atoms with Crippen LogP contribution in [-0.4, -0.2) is 27.0 Å². The number of hydrogen-bond acceptors (Lipinski definition) is 5. The molecule has 0 atom stereocenters. The molecule has 0 fully saturated rings. The van der Waals surface area contributed by atoms with Crippen LogP contribution in [0.5, 0.6) is 11.6 Å². The zero-order valence-corrected chi connectivity index (χ0v) is 15.3. The number of hydrogen-bond donors (Lipinski definition) is 1. The third kappa shape index (κ3) is 2.97. The van der Waals surface area contributed by atoms with Gasteiger partial charge in [0.1, 0.15) is 11.6 Å². The fraction of sp³-hybridized carbons (Fsp3) is 0.0909. The maximum atomic E-state index is 12.3. The van der Waals surface area contributed by atoms with Gasteiger partial charge in [-0.25, -0.2) is 9.97 Å². The Kier molecular flexibility index (Phi) is 3.96. The molecule has 1 aliphatic rings. The lowest BCUT2D eigenvalue weighted by molar-refractivity contribution is 0.0956. The smallest absolute Gasteiger partial charge is 0.253 e. The molecule has 140 valence electrons. The molecule has 29 heavy (non-hydrogen) atoms. The second-order valence-electron chi connectivity index (χ2n) is 6.64. The SMILES string of the molecule is N#Cc1ccc(Oc2ccc(-c3nc4cccc5c4n3CCNC5=O)cn2)cc1. The van der Waals surface area contributed by atoms with Crippen molar-refractivity contribution in [1.82, 2.24) is 19.9 Å². The standard InChI is InChI=1S/C22H15N5O2/c23-12-14-4-7-16(8-5-14)29-19-9-6-15(13-25-19)21-26-18-3-1-2-17-20(18)27(21)11-10-24-22(17)28/h1-9,13H,10-11H2,(H,24,28). The number of aromatic nitrogens is 3. The van der Waals surface area contributed by atoms with E-state index in [2.05, 4.69) is 20.9 Å². The number of nitriles is 1. The van der Waals surface area contributed by atoms with Crippen LogP contribution < -0.4 is 10.1 Å². The molecule has 2 aromatic heterocycles. The van der Waals surface area contributed by atoms with E-state index in [1.54, 1.807) is 36.5 Å². The summed E-state index contributed by atoms with van der Waals surface area (Å²) in [5.41, 5.74) is 3.67. The zero-order chi connectivity index (χ0) is 19.8. The fourth-order valence-corrected chi connectivity index (χ4v) is 3.47. The van der Waals surface area contributed by atoms with E-state index in [9.17, 15) is 4.79 Å². The summed E-state index contributed by atoms with van der Waals surface area (Å²) in [6.07, 6.45) is 1.71. The lowest BCUT2D eigenvalue weighted by atomic mass is 10.2. The first-order valence-corrected chi connectivity index (χ1v) is 9.15. The summed E-state index contributed by atoms with van der Waals surface area (Å²) < 4.78 is 7.80. The Bertz CT molecular complexity index is 1270. The van der Waals surface area contributed by atoms with Gasteiger partial charge in [-0.2, -0.15) is 5.26 Å². The van der Waals surface area contributed by atoms with Crippen LogP contribution in [0.1, 0.15) is 15.9 Å². The first-order chi connectivity index (χ1) is 14.2. The van der Waals surface area contributed by atoms with Crippen LogP contribution in [-0.2, 0) is 6.54 Å². The number of benzene rings is 2. The topological polar surface area (TPSA) is 92.8 Å². The number of carbonyl (C=O) groups is 1. The number of imidazole rings is 1. The van der Waals surface area contributed by atoms with Crippen molar-refractivity contribution in [3.63, 3.8) is 0 Å². The third-order valence-electron chi connectivity index (χ3n) is 4.83. The Morgan fingerprint density at radius 3 is 2.72 bits per heavy atom. The first kappa shape index (κ1) is 17.0. The van der Waals surface area contributed by atoms with E-state index >= 15 is 0 Å². The van der Waals surface area contributed by atoms with Gasteiger partial charge in [0, 0.05) is 30.9 Å². The van der Waals surface area contributed by atoms with E-state index in [0.29, 0.717) is 35.8 Å². The van der Waals surface area contributed by atoms with Crippen LogP contribution in [0.4, 0.5) is 0 Å². The van der Waals surface area contributed by atoms with Gasteiger partial charge in [-0.05, 0) is 42.5 Å². The van der Waals surface area contributed by atoms with Crippen LogP contribution in [0.15, 0.2) is 60.8 Å². The highest BCUT2D eigenvalue weighted by Gasteiger charge is 2.21. The normalized spacial score (nSPS) is 12.9. The number of pyridine rings is 1. The van der Waals surface area contributed by atoms with Crippen molar-refractivity contribution >= 4 is 16.9 Å². The molecule has 7 heteroatoms. The largest absolute Gasteiger partial charge is 0.439 e. The Morgan fingerprint density at radius 2 is 1.97 bits per heavy atom. The van der Waals surface area contributed by atoms with Crippen LogP contribution in [0.2, 0.25) is 0 Å². The molecule has 1 amide bonds. The van der Waals surface area contributed by atoms with Crippen LogP contribution in [0.25, 0.3) is 22.4 Å². The molecule has 0 spiro atoms. The Labute approximate surface area is 166 Å². The summed E-state index contributed by atoms with van der Waals surface area (Å²) in [5, 5.41) is 11.8. The van der Waals surface area contributed by atoms with Gasteiger partial charge in [0.05, 0.1) is 28.2 Å². The number of nitrogens with zero attached hydrogens (tertiary/aromatic N) is 4. The Morgan fingerprint density at radius 1 is 1.10 bits per heavy atom. The maximum absolute atomic E-state index is 12.3. The molecule has 7 nitrogen and oxygen atoms in total. The molecule has 0 aliphatic carbocycles. The minimum Gasteiger partial charge on any atom is -0.439 e. The van der Waals surface area contributed by atoms with Crippen LogP contribution >= 0.6 is 0 Å². The molecule has 1 aliphatic heterocycles. The molecule has 0 unspecified atom stereocenters. The summed E-state index contributed by atoms with van der Waals surface area (Å²) in [6, 6.07) is 18.2. The summed E-state index contributed by atoms with van der Waals surface area (Å²) in [7, 11) is 0. The zero-order valence-electron chi connectivity index (χ0n) is 15.3. The number of rotatable bonds is 3. The summed E-state index contributed by atoms with van der Waals surface area (Å²) in [6.45, 7) is 1.18. The number of nitrogens with one attached hydrogen (secondary N) is 1. The van der Waals surface area contributed by atoms with Crippen molar-refractivity contribution in [1.29, 1.82) is 5.26 Å². The van der Waals surface area contributed by atoms with Crippen LogP contribution in [0, 0.1) is 11.3 Å². The van der Waals surface area contributed by atoms with Gasteiger partial charge in [0.2, 0.25) is 5.88 Å². The summed E-state index contributed by atoms with van der Waals surface area (Å²) in [5.74, 6) is 1.74. The average Bonchev–Trinajstić information content (AvgIpc) is 3.04. The third-order valence-corrected chi connectivity index (χ3v) is 4.83. The maximum Gasteiger partial charge on any atom is 0.253 e. The van der Waals surface area contributed by atoms with E-state index in [4.69, 9.17) is 15.0 Å². The number of amides is 1. The Hall–Kier alpha value is -4.18. The highest BCUT2D eigenvalue weighted by atomic mass is 16.5. The molecule has 3 heterocycles. The van der Waals surface area contributed by atoms with E-state index in [1.807, 2.05) is 24.3 Å². The average molecular weight is 381 g/mol. The molecule has 0 saturated carbocycles. The molecule has 0 saturated heterocycles. The van der Waals surface area contributed by atoms with Gasteiger partial charge in [-0.15, -0.1) is 0 Å². The highest BCUT2D eigenvalue weighted by molar-refractivity contribution is 6.06. The van der Waals surface area contributed by atoms with E-state index in [1.165, 1.54) is 0 Å². The van der Waals surface area contributed by atoms with Crippen molar-refractivity contribution in [2.75, 3.05) is 6.54 Å². The van der Waals surface area contributed by atoms with Gasteiger partial charge in [-0.1, -0.05) is 6.07 Å². The van der Waals surface area contributed by atoms with Crippen molar-refractivity contribution in [3.8, 4) is 29.1 Å². The number of carbonyl (C=O) groups excluding carboxylic acids is 1. The first-order valence-electron chi connectivity index (χ1n) is 9.15. The van der Waals surface area contributed by atoms with Gasteiger partial charge in [0.25, 0.3) is 5.91 Å². The highest BCUT2D eigenvalue weighted by Crippen LogP contribution is 2.29. The lowest BCUT2D eigenvalue weighted by Crippen LogP contribution is -2.24. The molecule has 0 radical (unpaired) electrons. The number of para-hydroxylation sites is 1. The minimum absolute atomic E-state index is 0.0786. The Balaban J connectivity index is 1.49. The van der Waals surface area contributed by atoms with Gasteiger partial charge >= 0.3 is 0 Å². The van der Waals surface area contributed by atoms with Crippen molar-refractivity contribution < 1.29 is 9.53 Å². The molecular weight excluding hydrogens is 366 g/mol. The van der Waals surface area contributed by atoms with E-state index in [0.717, 1.165) is 22.4 Å². The fourth-order valence-electron chi connectivity index (χ4n) is 3.47. The second kappa shape index (κ2) is 6.77. The second-order valence-corrected chi connectivity index (χ2v) is 6.64. The van der Waals surface area contributed by atoms with E-state index in [-0.39, 0.29) is 5.91 Å². The summed E-state index contributed by atoms with van der Waals surface area (Å²) in [4.78, 5) is 21.4. The molecule has 2 aromatic carbocycles. The predicted molar refractivity (Wildman–Crippen MR) is 107 cm³/mol. The van der Waals surface area contributed by atoms with Gasteiger partial charge in [0.15, 0.2) is 0 Å². The molecular formula is C22H15N5O2. The minimum atomic E-state index is -0.0786. The quantitative estimate of drug-likeness (QED) is 0.586. The molecule has 5 rings (SSSR count). The predicted octanol–water partition coefficient (Wildman–Crippen LogP) is 3.51. The van der Waals surface area contributed by atoms with Crippen LogP contribution in [0.3, 0.4) is 0 Å². The summed E-state index contributed by atoms with van der Waals surface area (Å²) >= 11 is 0. The van der Waals surface area contributed by atoms with Crippen molar-refractivity contribution in [3.05, 3.63) is 71.9 Å². The van der Waals surface area contributed by atoms with Crippen molar-refractivity contribution in [2.24, 2.45) is 0 Å². The lowest BCUT2D eigenvalue weighted by Gasteiger charge is -2.08. The molecule has 0 bridgehead atoms.